The van der Waals surface area contributed by atoms with Crippen LogP contribution >= 0.6 is 22.6 Å². The van der Waals surface area contributed by atoms with E-state index >= 15 is 0 Å². The summed E-state index contributed by atoms with van der Waals surface area (Å²) >= 11 is 2.58. The van der Waals surface area contributed by atoms with Gasteiger partial charge in [-0.15, -0.1) is 0 Å². The molecule has 0 amide bonds. The van der Waals surface area contributed by atoms with Gasteiger partial charge in [0.25, 0.3) is 0 Å². The van der Waals surface area contributed by atoms with Crippen molar-refractivity contribution in [3.8, 4) is 0 Å². The summed E-state index contributed by atoms with van der Waals surface area (Å²) in [4.78, 5) is 2.60. The Labute approximate surface area is 112 Å². The van der Waals surface area contributed by atoms with E-state index in [1.54, 1.807) is 0 Å². The number of halogens is 1. The summed E-state index contributed by atoms with van der Waals surface area (Å²) in [5.41, 5.74) is 0. The van der Waals surface area contributed by atoms with Crippen molar-refractivity contribution < 1.29 is 4.74 Å². The molecular formula is C12H23IN2O. The van der Waals surface area contributed by atoms with E-state index in [0.29, 0.717) is 6.04 Å². The van der Waals surface area contributed by atoms with Crippen LogP contribution in [-0.2, 0) is 4.74 Å². The molecule has 2 aliphatic heterocycles. The van der Waals surface area contributed by atoms with Crippen LogP contribution in [0.1, 0.15) is 25.7 Å². The van der Waals surface area contributed by atoms with Crippen LogP contribution < -0.4 is 5.32 Å². The molecule has 0 aromatic rings. The molecule has 2 saturated heterocycles. The van der Waals surface area contributed by atoms with Crippen molar-refractivity contribution in [2.24, 2.45) is 0 Å². The Morgan fingerprint density at radius 3 is 2.50 bits per heavy atom. The molecule has 2 heterocycles. The molecule has 0 bridgehead atoms. The minimum atomic E-state index is 0.705. The van der Waals surface area contributed by atoms with Crippen molar-refractivity contribution in [2.45, 2.75) is 35.6 Å². The molecule has 2 aliphatic rings. The van der Waals surface area contributed by atoms with Gasteiger partial charge in [-0.3, -0.25) is 0 Å². The van der Waals surface area contributed by atoms with Gasteiger partial charge in [0.15, 0.2) is 0 Å². The Balaban J connectivity index is 1.53. The molecule has 0 aliphatic carbocycles. The topological polar surface area (TPSA) is 24.5 Å². The Morgan fingerprint density at radius 2 is 1.81 bits per heavy atom. The average molecular weight is 338 g/mol. The van der Waals surface area contributed by atoms with Gasteiger partial charge >= 0.3 is 0 Å². The third-order valence-corrected chi connectivity index (χ3v) is 4.85. The normalized spacial score (nSPS) is 26.1. The van der Waals surface area contributed by atoms with Gasteiger partial charge in [-0.25, -0.2) is 0 Å². The molecule has 2 rings (SSSR count). The summed E-state index contributed by atoms with van der Waals surface area (Å²) in [7, 11) is 0. The first-order valence-electron chi connectivity index (χ1n) is 6.52. The van der Waals surface area contributed by atoms with Crippen molar-refractivity contribution in [1.29, 1.82) is 0 Å². The van der Waals surface area contributed by atoms with Gasteiger partial charge in [-0.1, -0.05) is 22.6 Å². The molecule has 0 aromatic carbocycles. The lowest BCUT2D eigenvalue weighted by Crippen LogP contribution is -2.42. The molecule has 16 heavy (non-hydrogen) atoms. The zero-order chi connectivity index (χ0) is 11.2. The summed E-state index contributed by atoms with van der Waals surface area (Å²) < 4.78 is 6.27. The molecule has 4 heteroatoms. The second-order valence-corrected chi connectivity index (χ2v) is 6.62. The largest absolute Gasteiger partial charge is 0.381 e. The Kier molecular flexibility index (Phi) is 5.82. The Hall–Kier alpha value is 0.610. The smallest absolute Gasteiger partial charge is 0.0480 e. The maximum Gasteiger partial charge on any atom is 0.0480 e. The lowest BCUT2D eigenvalue weighted by atomic mass is 10.1. The number of rotatable bonds is 4. The van der Waals surface area contributed by atoms with Gasteiger partial charge in [-0.05, 0) is 38.8 Å². The Morgan fingerprint density at radius 1 is 1.12 bits per heavy atom. The Bertz CT molecular complexity index is 189. The lowest BCUT2D eigenvalue weighted by Gasteiger charge is -2.30. The molecule has 0 aromatic heterocycles. The molecule has 3 nitrogen and oxygen atoms in total. The molecule has 0 saturated carbocycles. The maximum atomic E-state index is 5.36. The third kappa shape index (κ3) is 4.47. The molecule has 0 unspecified atom stereocenters. The van der Waals surface area contributed by atoms with Crippen LogP contribution in [0.25, 0.3) is 0 Å². The zero-order valence-electron chi connectivity index (χ0n) is 9.96. The van der Waals surface area contributed by atoms with Crippen LogP contribution in [0.3, 0.4) is 0 Å². The maximum absolute atomic E-state index is 5.36. The van der Waals surface area contributed by atoms with Gasteiger partial charge in [0.2, 0.25) is 0 Å². The number of nitrogens with one attached hydrogen (secondary N) is 1. The van der Waals surface area contributed by atoms with Crippen LogP contribution in [0.5, 0.6) is 0 Å². The predicted octanol–water partition coefficient (Wildman–Crippen LogP) is 1.65. The standard InChI is InChI=1S/C12H23IN2O/c13-11-1-6-15(7-2-11)8-5-14-12-3-9-16-10-4-12/h11-12,14H,1-10H2. The van der Waals surface area contributed by atoms with Gasteiger partial charge in [-0.2, -0.15) is 0 Å². The predicted molar refractivity (Wildman–Crippen MR) is 75.3 cm³/mol. The van der Waals surface area contributed by atoms with Crippen molar-refractivity contribution in [3.63, 3.8) is 0 Å². The van der Waals surface area contributed by atoms with Crippen molar-refractivity contribution in [1.82, 2.24) is 10.2 Å². The summed E-state index contributed by atoms with van der Waals surface area (Å²) in [6.45, 7) is 6.85. The first kappa shape index (κ1) is 13.1. The fraction of sp³-hybridized carbons (Fsp3) is 1.00. The highest BCUT2D eigenvalue weighted by Crippen LogP contribution is 2.17. The van der Waals surface area contributed by atoms with Crippen LogP contribution in [0.4, 0.5) is 0 Å². The number of ether oxygens (including phenoxy) is 1. The third-order valence-electron chi connectivity index (χ3n) is 3.60. The summed E-state index contributed by atoms with van der Waals surface area (Å²) in [6, 6.07) is 0.705. The molecule has 94 valence electrons. The molecule has 2 fully saturated rings. The number of hydrogen-bond donors (Lipinski definition) is 1. The fourth-order valence-electron chi connectivity index (χ4n) is 2.45. The van der Waals surface area contributed by atoms with E-state index < -0.39 is 0 Å². The van der Waals surface area contributed by atoms with Gasteiger partial charge in [0.1, 0.15) is 0 Å². The number of alkyl halides is 1. The first-order valence-corrected chi connectivity index (χ1v) is 7.77. The van der Waals surface area contributed by atoms with Crippen molar-refractivity contribution in [2.75, 3.05) is 39.4 Å². The zero-order valence-corrected chi connectivity index (χ0v) is 12.1. The highest BCUT2D eigenvalue weighted by Gasteiger charge is 2.17. The van der Waals surface area contributed by atoms with E-state index in [0.717, 1.165) is 23.7 Å². The number of nitrogens with zero attached hydrogens (tertiary/aromatic N) is 1. The highest BCUT2D eigenvalue weighted by molar-refractivity contribution is 14.1. The van der Waals surface area contributed by atoms with Gasteiger partial charge < -0.3 is 15.0 Å². The minimum Gasteiger partial charge on any atom is -0.381 e. The first-order chi connectivity index (χ1) is 7.84. The minimum absolute atomic E-state index is 0.705. The van der Waals surface area contributed by atoms with Crippen molar-refractivity contribution >= 4 is 22.6 Å². The number of likely N-dealkylation sites (tertiary alicyclic amines) is 1. The second-order valence-electron chi connectivity index (χ2n) is 4.86. The van der Waals surface area contributed by atoms with E-state index in [1.807, 2.05) is 0 Å². The average Bonchev–Trinajstić information content (AvgIpc) is 2.33. The van der Waals surface area contributed by atoms with E-state index in [2.05, 4.69) is 32.8 Å². The lowest BCUT2D eigenvalue weighted by molar-refractivity contribution is 0.0770. The van der Waals surface area contributed by atoms with Gasteiger partial charge in [0.05, 0.1) is 0 Å². The van der Waals surface area contributed by atoms with E-state index in [4.69, 9.17) is 4.74 Å². The van der Waals surface area contributed by atoms with Crippen LogP contribution in [0.2, 0.25) is 0 Å². The molecule has 0 atom stereocenters. The number of piperidine rings is 1. The highest BCUT2D eigenvalue weighted by atomic mass is 127. The molecular weight excluding hydrogens is 315 g/mol. The monoisotopic (exact) mass is 338 g/mol. The fourth-order valence-corrected chi connectivity index (χ4v) is 3.01. The number of hydrogen-bond acceptors (Lipinski definition) is 3. The van der Waals surface area contributed by atoms with E-state index in [1.165, 1.54) is 45.3 Å². The molecule has 0 spiro atoms. The van der Waals surface area contributed by atoms with Crippen molar-refractivity contribution in [3.05, 3.63) is 0 Å². The van der Waals surface area contributed by atoms with Crippen LogP contribution in [-0.4, -0.2) is 54.3 Å². The summed E-state index contributed by atoms with van der Waals surface area (Å²) in [6.07, 6.45) is 5.13. The molecule has 0 radical (unpaired) electrons. The van der Waals surface area contributed by atoms with E-state index in [9.17, 15) is 0 Å². The van der Waals surface area contributed by atoms with E-state index in [-0.39, 0.29) is 0 Å². The van der Waals surface area contributed by atoms with Crippen LogP contribution in [0.15, 0.2) is 0 Å². The van der Waals surface area contributed by atoms with Gasteiger partial charge in [0, 0.05) is 36.3 Å². The SMILES string of the molecule is IC1CCN(CCNC2CCOCC2)CC1. The van der Waals surface area contributed by atoms with Crippen LogP contribution in [0, 0.1) is 0 Å². The summed E-state index contributed by atoms with van der Waals surface area (Å²) in [5.74, 6) is 0. The molecule has 1 N–H and O–H groups in total. The second kappa shape index (κ2) is 7.13. The summed E-state index contributed by atoms with van der Waals surface area (Å²) in [5, 5.41) is 3.66. The quantitative estimate of drug-likeness (QED) is 0.623.